The second kappa shape index (κ2) is 5.48. The fourth-order valence-electron chi connectivity index (χ4n) is 1.84. The first kappa shape index (κ1) is 12.3. The monoisotopic (exact) mass is 249 g/mol. The molecule has 0 atom stereocenters. The summed E-state index contributed by atoms with van der Waals surface area (Å²) in [6, 6.07) is 0. The Bertz CT molecular complexity index is 485. The van der Waals surface area contributed by atoms with Crippen LogP contribution in [0.4, 0.5) is 5.82 Å². The summed E-state index contributed by atoms with van der Waals surface area (Å²) in [7, 11) is 2.91. The number of fused-ring (bicyclic) bond motifs is 1. The number of hydrogen-bond donors (Lipinski definition) is 1. The average Bonchev–Trinajstić information content (AvgIpc) is 2.38. The van der Waals surface area contributed by atoms with Crippen molar-refractivity contribution in [1.29, 1.82) is 0 Å². The van der Waals surface area contributed by atoms with Crippen molar-refractivity contribution in [2.24, 2.45) is 0 Å². The molecule has 6 heteroatoms. The van der Waals surface area contributed by atoms with Gasteiger partial charge in [0.1, 0.15) is 12.1 Å². The lowest BCUT2D eigenvalue weighted by molar-refractivity contribution is -0.136. The second-order valence-electron chi connectivity index (χ2n) is 3.84. The number of aromatic nitrogens is 2. The number of carbonyl (C=O) groups excluding carboxylic acids is 1. The van der Waals surface area contributed by atoms with Crippen LogP contribution in [0.2, 0.25) is 0 Å². The Morgan fingerprint density at radius 3 is 2.94 bits per heavy atom. The Morgan fingerprint density at radius 2 is 2.22 bits per heavy atom. The van der Waals surface area contributed by atoms with E-state index in [2.05, 4.69) is 15.3 Å². The molecule has 18 heavy (non-hydrogen) atoms. The van der Waals surface area contributed by atoms with Gasteiger partial charge in [0.25, 0.3) is 0 Å². The predicted molar refractivity (Wildman–Crippen MR) is 66.3 cm³/mol. The van der Waals surface area contributed by atoms with Gasteiger partial charge in [-0.2, -0.15) is 0 Å². The van der Waals surface area contributed by atoms with E-state index in [4.69, 9.17) is 9.47 Å². The van der Waals surface area contributed by atoms with Gasteiger partial charge in [0.15, 0.2) is 0 Å². The van der Waals surface area contributed by atoms with E-state index in [-0.39, 0.29) is 5.97 Å². The molecule has 0 saturated heterocycles. The third-order valence-corrected chi connectivity index (χ3v) is 2.72. The molecule has 1 aromatic heterocycles. The summed E-state index contributed by atoms with van der Waals surface area (Å²) in [6.07, 6.45) is 4.65. The first-order valence-corrected chi connectivity index (χ1v) is 5.68. The molecule has 0 aliphatic carbocycles. The SMILES string of the molecule is COC(=O)C1=Cc2c(ncnc2OC)NCCC1. The summed E-state index contributed by atoms with van der Waals surface area (Å²) in [5.74, 6) is 0.785. The van der Waals surface area contributed by atoms with Gasteiger partial charge in [-0.05, 0) is 18.9 Å². The van der Waals surface area contributed by atoms with Gasteiger partial charge in [-0.3, -0.25) is 0 Å². The number of carbonyl (C=O) groups is 1. The van der Waals surface area contributed by atoms with Crippen LogP contribution in [0.1, 0.15) is 18.4 Å². The van der Waals surface area contributed by atoms with Gasteiger partial charge in [0.2, 0.25) is 5.88 Å². The lowest BCUT2D eigenvalue weighted by Crippen LogP contribution is -2.13. The van der Waals surface area contributed by atoms with Gasteiger partial charge in [-0.1, -0.05) is 0 Å². The van der Waals surface area contributed by atoms with E-state index in [0.29, 0.717) is 29.3 Å². The fraction of sp³-hybridized carbons (Fsp3) is 0.417. The van der Waals surface area contributed by atoms with E-state index < -0.39 is 0 Å². The Hall–Kier alpha value is -2.11. The molecule has 1 aliphatic rings. The number of methoxy groups -OCH3 is 2. The van der Waals surface area contributed by atoms with Crippen molar-refractivity contribution in [3.05, 3.63) is 17.5 Å². The number of ether oxygens (including phenoxy) is 2. The highest BCUT2D eigenvalue weighted by Gasteiger charge is 2.17. The molecule has 1 aliphatic heterocycles. The largest absolute Gasteiger partial charge is 0.480 e. The molecular weight excluding hydrogens is 234 g/mol. The molecule has 0 amide bonds. The number of esters is 1. The van der Waals surface area contributed by atoms with Crippen molar-refractivity contribution in [3.8, 4) is 5.88 Å². The van der Waals surface area contributed by atoms with Gasteiger partial charge in [-0.15, -0.1) is 0 Å². The fourth-order valence-corrected chi connectivity index (χ4v) is 1.84. The highest BCUT2D eigenvalue weighted by Crippen LogP contribution is 2.27. The van der Waals surface area contributed by atoms with Crippen LogP contribution in [0.5, 0.6) is 5.88 Å². The minimum atomic E-state index is -0.325. The maximum absolute atomic E-state index is 11.6. The molecule has 0 spiro atoms. The molecule has 2 heterocycles. The third kappa shape index (κ3) is 2.42. The maximum atomic E-state index is 11.6. The summed E-state index contributed by atoms with van der Waals surface area (Å²) in [5, 5.41) is 3.19. The van der Waals surface area contributed by atoms with Crippen molar-refractivity contribution >= 4 is 17.9 Å². The van der Waals surface area contributed by atoms with E-state index in [1.807, 2.05) is 0 Å². The van der Waals surface area contributed by atoms with Crippen LogP contribution in [0.3, 0.4) is 0 Å². The molecule has 2 rings (SSSR count). The number of nitrogens with zero attached hydrogens (tertiary/aromatic N) is 2. The van der Waals surface area contributed by atoms with E-state index in [0.717, 1.165) is 13.0 Å². The topological polar surface area (TPSA) is 73.3 Å². The van der Waals surface area contributed by atoms with Crippen LogP contribution in [0.15, 0.2) is 11.9 Å². The molecular formula is C12H15N3O3. The number of anilines is 1. The quantitative estimate of drug-likeness (QED) is 0.795. The summed E-state index contributed by atoms with van der Waals surface area (Å²) in [6.45, 7) is 0.738. The van der Waals surface area contributed by atoms with Crippen LogP contribution in [0, 0.1) is 0 Å². The zero-order chi connectivity index (χ0) is 13.0. The first-order valence-electron chi connectivity index (χ1n) is 5.68. The van der Waals surface area contributed by atoms with Crippen molar-refractivity contribution in [3.63, 3.8) is 0 Å². The number of rotatable bonds is 2. The molecule has 1 N–H and O–H groups in total. The smallest absolute Gasteiger partial charge is 0.333 e. The summed E-state index contributed by atoms with van der Waals surface area (Å²) >= 11 is 0. The van der Waals surface area contributed by atoms with Crippen LogP contribution >= 0.6 is 0 Å². The van der Waals surface area contributed by atoms with Crippen molar-refractivity contribution in [1.82, 2.24) is 9.97 Å². The summed E-state index contributed by atoms with van der Waals surface area (Å²) in [4.78, 5) is 19.8. The number of nitrogens with one attached hydrogen (secondary N) is 1. The number of hydrogen-bond acceptors (Lipinski definition) is 6. The molecule has 6 nitrogen and oxygen atoms in total. The molecule has 0 unspecified atom stereocenters. The lowest BCUT2D eigenvalue weighted by atomic mass is 10.1. The molecule has 1 aromatic rings. The Morgan fingerprint density at radius 1 is 1.39 bits per heavy atom. The van der Waals surface area contributed by atoms with Gasteiger partial charge >= 0.3 is 5.97 Å². The normalized spacial score (nSPS) is 14.4. The van der Waals surface area contributed by atoms with Gasteiger partial charge in [-0.25, -0.2) is 14.8 Å². The molecule has 0 bridgehead atoms. The van der Waals surface area contributed by atoms with Crippen LogP contribution in [-0.2, 0) is 9.53 Å². The van der Waals surface area contributed by atoms with E-state index >= 15 is 0 Å². The molecule has 0 saturated carbocycles. The minimum absolute atomic E-state index is 0.325. The van der Waals surface area contributed by atoms with E-state index in [9.17, 15) is 4.79 Å². The third-order valence-electron chi connectivity index (χ3n) is 2.72. The average molecular weight is 249 g/mol. The molecule has 0 aromatic carbocycles. The first-order chi connectivity index (χ1) is 8.76. The molecule has 96 valence electrons. The Balaban J connectivity index is 2.50. The van der Waals surface area contributed by atoms with Gasteiger partial charge in [0.05, 0.1) is 19.8 Å². The van der Waals surface area contributed by atoms with Crippen LogP contribution in [0.25, 0.3) is 6.08 Å². The molecule has 0 radical (unpaired) electrons. The van der Waals surface area contributed by atoms with Crippen molar-refractivity contribution < 1.29 is 14.3 Å². The summed E-state index contributed by atoms with van der Waals surface area (Å²) in [5.41, 5.74) is 1.29. The standard InChI is InChI=1S/C12H15N3O3/c1-17-11-9-6-8(12(16)18-2)4-3-5-13-10(9)14-7-15-11/h6-7H,3-5H2,1-2H3,(H,13,14,15). The lowest BCUT2D eigenvalue weighted by Gasteiger charge is -2.15. The predicted octanol–water partition coefficient (Wildman–Crippen LogP) is 1.25. The van der Waals surface area contributed by atoms with Gasteiger partial charge < -0.3 is 14.8 Å². The highest BCUT2D eigenvalue weighted by molar-refractivity contribution is 5.95. The van der Waals surface area contributed by atoms with E-state index in [1.54, 1.807) is 6.08 Å². The van der Waals surface area contributed by atoms with Crippen LogP contribution < -0.4 is 10.1 Å². The second-order valence-corrected chi connectivity index (χ2v) is 3.84. The van der Waals surface area contributed by atoms with Crippen LogP contribution in [-0.4, -0.2) is 36.7 Å². The maximum Gasteiger partial charge on any atom is 0.333 e. The zero-order valence-electron chi connectivity index (χ0n) is 10.4. The van der Waals surface area contributed by atoms with E-state index in [1.165, 1.54) is 20.5 Å². The van der Waals surface area contributed by atoms with Crippen molar-refractivity contribution in [2.45, 2.75) is 12.8 Å². The van der Waals surface area contributed by atoms with Crippen molar-refractivity contribution in [2.75, 3.05) is 26.1 Å². The summed E-state index contributed by atoms with van der Waals surface area (Å²) < 4.78 is 9.95. The Kier molecular flexibility index (Phi) is 3.76. The minimum Gasteiger partial charge on any atom is -0.480 e. The zero-order valence-corrected chi connectivity index (χ0v) is 10.4. The van der Waals surface area contributed by atoms with Gasteiger partial charge in [0, 0.05) is 12.1 Å². The molecule has 0 fully saturated rings. The highest BCUT2D eigenvalue weighted by atomic mass is 16.5. The Labute approximate surface area is 105 Å².